The molecule has 50 heavy (non-hydrogen) atoms. The summed E-state index contributed by atoms with van der Waals surface area (Å²) in [5.74, 6) is -0.284. The van der Waals surface area contributed by atoms with Crippen LogP contribution in [0.3, 0.4) is 0 Å². The van der Waals surface area contributed by atoms with Crippen molar-refractivity contribution in [2.24, 2.45) is 4.99 Å². The molecule has 16 nitrogen and oxygen atoms in total. The van der Waals surface area contributed by atoms with E-state index < -0.39 is 37.6 Å². The van der Waals surface area contributed by atoms with Crippen molar-refractivity contribution in [3.63, 3.8) is 0 Å². The van der Waals surface area contributed by atoms with Gasteiger partial charge in [-0.2, -0.15) is 13.5 Å². The maximum atomic E-state index is 13.6. The van der Waals surface area contributed by atoms with E-state index in [9.17, 15) is 33.4 Å². The summed E-state index contributed by atoms with van der Waals surface area (Å²) < 4.78 is 39.4. The Hall–Kier alpha value is -6.62. The lowest BCUT2D eigenvalue weighted by atomic mass is 9.93. The summed E-state index contributed by atoms with van der Waals surface area (Å²) in [5, 5.41) is 30.2. The van der Waals surface area contributed by atoms with Crippen molar-refractivity contribution in [2.75, 3.05) is 17.3 Å². The number of nitrogens with one attached hydrogen (secondary N) is 1. The monoisotopic (exact) mass is 695 g/mol. The number of nitrogens with zero attached hydrogens (tertiary/aromatic N) is 6. The lowest BCUT2D eigenvalue weighted by molar-refractivity contribution is -0.385. The highest BCUT2D eigenvalue weighted by atomic mass is 32.2. The van der Waals surface area contributed by atoms with Crippen LogP contribution >= 0.6 is 0 Å². The minimum absolute atomic E-state index is 0.0231. The van der Waals surface area contributed by atoms with Gasteiger partial charge in [-0.1, -0.05) is 24.3 Å². The predicted octanol–water partition coefficient (Wildman–Crippen LogP) is 5.67. The fraction of sp³-hybridized carbons (Fsp3) is 0.121. The highest BCUT2D eigenvalue weighted by Gasteiger charge is 2.43. The number of aryl methyl sites for hydroxylation is 2. The fourth-order valence-corrected chi connectivity index (χ4v) is 7.20. The van der Waals surface area contributed by atoms with E-state index in [4.69, 9.17) is 19.0 Å². The molecule has 7 rings (SSSR count). The quantitative estimate of drug-likeness (QED) is 0.119. The van der Waals surface area contributed by atoms with E-state index in [0.29, 0.717) is 39.7 Å². The molecule has 0 unspecified atom stereocenters. The normalized spacial score (nSPS) is 14.9. The van der Waals surface area contributed by atoms with Crippen LogP contribution in [0.2, 0.25) is 0 Å². The number of hydrogen-bond acceptors (Lipinski definition) is 12. The molecule has 2 aliphatic rings. The largest absolute Gasteiger partial charge is 0.493 e. The number of nitro groups is 2. The average Bonchev–Trinajstić information content (AvgIpc) is 3.43. The molecule has 0 radical (unpaired) electrons. The van der Waals surface area contributed by atoms with E-state index in [1.54, 1.807) is 36.1 Å². The minimum Gasteiger partial charge on any atom is -0.493 e. The van der Waals surface area contributed by atoms with Crippen molar-refractivity contribution in [1.29, 1.82) is 0 Å². The van der Waals surface area contributed by atoms with Gasteiger partial charge in [0.2, 0.25) is 5.84 Å². The number of aromatic nitrogens is 2. The molecule has 1 aromatic heterocycles. The van der Waals surface area contributed by atoms with Crippen LogP contribution in [0.4, 0.5) is 28.6 Å². The molecule has 0 saturated heterocycles. The van der Waals surface area contributed by atoms with Crippen molar-refractivity contribution >= 4 is 50.4 Å². The van der Waals surface area contributed by atoms with Crippen LogP contribution in [0.1, 0.15) is 28.4 Å². The second kappa shape index (κ2) is 11.8. The lowest BCUT2D eigenvalue weighted by Gasteiger charge is -2.40. The van der Waals surface area contributed by atoms with Crippen LogP contribution in [0.15, 0.2) is 94.8 Å². The van der Waals surface area contributed by atoms with Crippen LogP contribution in [0.25, 0.3) is 5.69 Å². The van der Waals surface area contributed by atoms with Crippen LogP contribution < -0.4 is 19.1 Å². The number of rotatable bonds is 8. The van der Waals surface area contributed by atoms with Gasteiger partial charge in [0.25, 0.3) is 17.3 Å². The number of nitro benzene ring substituents is 2. The Morgan fingerprint density at radius 2 is 1.58 bits per heavy atom. The molecule has 252 valence electrons. The summed E-state index contributed by atoms with van der Waals surface area (Å²) in [6.07, 6.45) is 0. The molecule has 5 aromatic rings. The predicted molar refractivity (Wildman–Crippen MR) is 180 cm³/mol. The van der Waals surface area contributed by atoms with Crippen molar-refractivity contribution in [3.8, 4) is 17.2 Å². The fourth-order valence-electron chi connectivity index (χ4n) is 6.01. The molecule has 17 heteroatoms. The molecule has 1 atom stereocenters. The number of methoxy groups -OCH3 is 1. The van der Waals surface area contributed by atoms with Gasteiger partial charge < -0.3 is 19.1 Å². The highest BCUT2D eigenvalue weighted by Crippen LogP contribution is 2.48. The molecule has 1 N–H and O–H groups in total. The number of non-ortho nitro benzene ring substituents is 2. The number of hydrogen-bond donors (Lipinski definition) is 1. The number of amidine groups is 1. The first-order valence-electron chi connectivity index (χ1n) is 14.9. The second-order valence-electron chi connectivity index (χ2n) is 11.3. The number of fused-ring (bicyclic) bond motifs is 4. The number of carbonyl (C=O) groups excluding carboxylic acids is 1. The van der Waals surface area contributed by atoms with E-state index in [1.807, 2.05) is 12.1 Å². The Labute approximate surface area is 283 Å². The Bertz CT molecular complexity index is 2410. The number of aliphatic imine (C=N–C) groups is 1. The van der Waals surface area contributed by atoms with E-state index >= 15 is 0 Å². The topological polar surface area (TPSA) is 201 Å². The maximum absolute atomic E-state index is 13.6. The molecule has 0 fully saturated rings. The van der Waals surface area contributed by atoms with Crippen LogP contribution in [-0.4, -0.2) is 46.9 Å². The minimum atomic E-state index is -4.55. The van der Waals surface area contributed by atoms with Crippen molar-refractivity contribution in [1.82, 2.24) is 9.78 Å². The Morgan fingerprint density at radius 1 is 0.880 bits per heavy atom. The highest BCUT2D eigenvalue weighted by molar-refractivity contribution is 7.87. The van der Waals surface area contributed by atoms with Crippen molar-refractivity contribution in [2.45, 2.75) is 24.8 Å². The van der Waals surface area contributed by atoms with Crippen LogP contribution in [0, 0.1) is 34.1 Å². The molecular formula is C33H25N7O9S. The third-order valence-electron chi connectivity index (χ3n) is 8.33. The van der Waals surface area contributed by atoms with Gasteiger partial charge in [0, 0.05) is 29.8 Å². The summed E-state index contributed by atoms with van der Waals surface area (Å²) in [6.45, 7) is 3.26. The number of para-hydroxylation sites is 2. The molecule has 0 spiro atoms. The zero-order valence-electron chi connectivity index (χ0n) is 26.4. The molecule has 0 bridgehead atoms. The van der Waals surface area contributed by atoms with Gasteiger partial charge in [0.15, 0.2) is 17.3 Å². The summed E-state index contributed by atoms with van der Waals surface area (Å²) >= 11 is 0. The Morgan fingerprint density at radius 3 is 2.28 bits per heavy atom. The van der Waals surface area contributed by atoms with Gasteiger partial charge >= 0.3 is 10.1 Å². The second-order valence-corrected chi connectivity index (χ2v) is 12.9. The van der Waals surface area contributed by atoms with Gasteiger partial charge in [-0.05, 0) is 61.4 Å². The van der Waals surface area contributed by atoms with Gasteiger partial charge in [-0.25, -0.2) is 9.67 Å². The zero-order chi connectivity index (χ0) is 35.5. The first-order chi connectivity index (χ1) is 23.9. The molecule has 3 heterocycles. The zero-order valence-corrected chi connectivity index (χ0v) is 27.2. The van der Waals surface area contributed by atoms with Crippen LogP contribution in [-0.2, 0) is 14.9 Å². The summed E-state index contributed by atoms with van der Waals surface area (Å²) in [6, 6.07) is 20.2. The Kier molecular flexibility index (Phi) is 7.55. The summed E-state index contributed by atoms with van der Waals surface area (Å²) in [4.78, 5) is 41.1. The molecule has 4 aromatic carbocycles. The number of carbonyl (C=O) groups is 1. The molecule has 0 aliphatic carbocycles. The van der Waals surface area contributed by atoms with Gasteiger partial charge in [-0.15, -0.1) is 0 Å². The first-order valence-corrected chi connectivity index (χ1v) is 16.3. The SMILES string of the molecule is COc1cc([C@@H]2c3c(C)nn(-c4ccc([N+](=O)[O-])cc4)c3N=C3C(=O)Nc4ccccc4N32)ccc1OS(=O)(=O)c1cc([N+](=O)[O-])ccc1C. The average molecular weight is 696 g/mol. The van der Waals surface area contributed by atoms with E-state index in [2.05, 4.69) is 5.32 Å². The van der Waals surface area contributed by atoms with E-state index in [1.165, 1.54) is 61.2 Å². The molecule has 0 saturated carbocycles. The van der Waals surface area contributed by atoms with E-state index in [-0.39, 0.29) is 33.5 Å². The van der Waals surface area contributed by atoms with Crippen molar-refractivity contribution in [3.05, 3.63) is 128 Å². The standard InChI is InChI=1S/C33H25N7O9S/c1-18-8-10-23(40(44)45)17-28(18)50(46,47)49-26-15-9-20(16-27(26)48-3)30-29-19(2)36-38(21-11-13-22(14-12-21)39(42)43)31(29)35-32-33(41)34-24-6-4-5-7-25(24)37(30)32/h4-17,30H,1-3H3,(H,34,41)/t30-/m1/s1. The number of anilines is 2. The number of ether oxygens (including phenoxy) is 1. The first kappa shape index (κ1) is 32.0. The van der Waals surface area contributed by atoms with Gasteiger partial charge in [0.1, 0.15) is 4.90 Å². The Balaban J connectivity index is 1.37. The lowest BCUT2D eigenvalue weighted by Crippen LogP contribution is -2.48. The van der Waals surface area contributed by atoms with E-state index in [0.717, 1.165) is 6.07 Å². The summed E-state index contributed by atoms with van der Waals surface area (Å²) in [7, 11) is -3.22. The third kappa shape index (κ3) is 5.25. The number of benzene rings is 4. The van der Waals surface area contributed by atoms with Crippen LogP contribution in [0.5, 0.6) is 11.5 Å². The number of amides is 1. The third-order valence-corrected chi connectivity index (χ3v) is 9.71. The summed E-state index contributed by atoms with van der Waals surface area (Å²) in [5.41, 5.74) is 3.05. The molecule has 2 aliphatic heterocycles. The van der Waals surface area contributed by atoms with Crippen molar-refractivity contribution < 1.29 is 32.0 Å². The molecular weight excluding hydrogens is 670 g/mol. The molecule has 1 amide bonds. The van der Waals surface area contributed by atoms with Gasteiger partial charge in [0.05, 0.1) is 45.8 Å². The maximum Gasteiger partial charge on any atom is 0.339 e. The van der Waals surface area contributed by atoms with Gasteiger partial charge in [-0.3, -0.25) is 25.0 Å². The smallest absolute Gasteiger partial charge is 0.339 e.